The lowest BCUT2D eigenvalue weighted by Gasteiger charge is -1.95. The highest BCUT2D eigenvalue weighted by Crippen LogP contribution is 1.76. The molecule has 0 aromatic rings. The summed E-state index contributed by atoms with van der Waals surface area (Å²) in [4.78, 5) is 13.8. The zero-order chi connectivity index (χ0) is 7.28. The van der Waals surface area contributed by atoms with Gasteiger partial charge in [-0.25, -0.2) is 4.99 Å². The summed E-state index contributed by atoms with van der Waals surface area (Å²) in [5.74, 6) is -0.440. The minimum atomic E-state index is -0.440. The van der Waals surface area contributed by atoms with Crippen LogP contribution in [-0.2, 0) is 9.53 Å². The maximum Gasteiger partial charge on any atom is 0.310 e. The van der Waals surface area contributed by atoms with Gasteiger partial charge in [-0.15, -0.1) is 12.4 Å². The van der Waals surface area contributed by atoms with Crippen LogP contribution in [0, 0.1) is 0 Å². The summed E-state index contributed by atoms with van der Waals surface area (Å²) in [5, 5.41) is 0. The summed E-state index contributed by atoms with van der Waals surface area (Å²) in [5.41, 5.74) is 5.09. The maximum atomic E-state index is 10.1. The lowest BCUT2D eigenvalue weighted by Crippen LogP contribution is -2.19. The van der Waals surface area contributed by atoms with Crippen molar-refractivity contribution in [3.63, 3.8) is 0 Å². The second-order valence-corrected chi connectivity index (χ2v) is 1.41. The van der Waals surface area contributed by atoms with Gasteiger partial charge in [0.1, 0.15) is 0 Å². The van der Waals surface area contributed by atoms with Crippen LogP contribution in [0.3, 0.4) is 0 Å². The van der Waals surface area contributed by atoms with Crippen molar-refractivity contribution in [2.24, 2.45) is 10.7 Å². The molecule has 0 aliphatic heterocycles. The number of aliphatic imine (C=N–C) groups is 1. The highest BCUT2D eigenvalue weighted by Gasteiger charge is 1.93. The Balaban J connectivity index is 0. The van der Waals surface area contributed by atoms with Gasteiger partial charge in [0.2, 0.25) is 0 Å². The van der Waals surface area contributed by atoms with Crippen LogP contribution in [0.4, 0.5) is 0 Å². The molecule has 0 bridgehead atoms. The first-order valence-corrected chi connectivity index (χ1v) is 2.65. The van der Waals surface area contributed by atoms with Crippen LogP contribution in [0.1, 0.15) is 13.8 Å². The van der Waals surface area contributed by atoms with Crippen molar-refractivity contribution in [3.8, 4) is 0 Å². The number of nitrogens with zero attached hydrogens (tertiary/aromatic N) is 1. The lowest BCUT2D eigenvalue weighted by molar-refractivity contribution is -0.133. The molecule has 0 radical (unpaired) electrons. The molecule has 5 heteroatoms. The van der Waals surface area contributed by atoms with Gasteiger partial charge in [0, 0.05) is 13.5 Å². The van der Waals surface area contributed by atoms with Crippen molar-refractivity contribution < 1.29 is 9.53 Å². The number of esters is 1. The van der Waals surface area contributed by atoms with Crippen molar-refractivity contribution in [1.29, 1.82) is 0 Å². The first kappa shape index (κ1) is 12.0. The molecule has 0 aromatic carbocycles. The van der Waals surface area contributed by atoms with Crippen molar-refractivity contribution in [1.82, 2.24) is 0 Å². The quantitative estimate of drug-likeness (QED) is 0.346. The molecule has 0 unspecified atom stereocenters. The molecule has 2 N–H and O–H groups in total. The van der Waals surface area contributed by atoms with E-state index in [9.17, 15) is 4.79 Å². The zero-order valence-electron chi connectivity index (χ0n) is 5.96. The Kier molecular flexibility index (Phi) is 7.60. The molecule has 0 aliphatic rings. The summed E-state index contributed by atoms with van der Waals surface area (Å²) >= 11 is 0. The number of halogens is 1. The fraction of sp³-hybridized carbons (Fsp3) is 0.600. The molecule has 0 amide bonds. The molecule has 0 saturated heterocycles. The van der Waals surface area contributed by atoms with Gasteiger partial charge in [0.15, 0.2) is 0 Å². The third-order valence-corrected chi connectivity index (χ3v) is 0.562. The monoisotopic (exact) mass is 166 g/mol. The van der Waals surface area contributed by atoms with Gasteiger partial charge in [-0.1, -0.05) is 0 Å². The minimum Gasteiger partial charge on any atom is -0.393 e. The topological polar surface area (TPSA) is 64.7 Å². The molecule has 0 spiro atoms. The highest BCUT2D eigenvalue weighted by molar-refractivity contribution is 5.85. The van der Waals surface area contributed by atoms with Crippen LogP contribution < -0.4 is 5.73 Å². The standard InChI is InChI=1S/C5H10N2O2.ClH/c1-3-7-5(6)9-4(2)8;/h3H2,1-2H3,(H2,6,7);1H. The highest BCUT2D eigenvalue weighted by atomic mass is 35.5. The van der Waals surface area contributed by atoms with E-state index in [0.717, 1.165) is 0 Å². The Bertz CT molecular complexity index is 136. The first-order valence-electron chi connectivity index (χ1n) is 2.65. The van der Waals surface area contributed by atoms with Gasteiger partial charge in [-0.05, 0) is 6.92 Å². The lowest BCUT2D eigenvalue weighted by atomic mass is 10.8. The SMILES string of the molecule is CCN=C(N)OC(C)=O.Cl. The molecule has 0 rings (SSSR count). The number of hydrogen-bond donors (Lipinski definition) is 1. The predicted octanol–water partition coefficient (Wildman–Crippen LogP) is 0.306. The molecule has 60 valence electrons. The van der Waals surface area contributed by atoms with E-state index in [1.165, 1.54) is 6.92 Å². The Morgan fingerprint density at radius 3 is 2.50 bits per heavy atom. The summed E-state index contributed by atoms with van der Waals surface area (Å²) in [6.07, 6.45) is 0. The van der Waals surface area contributed by atoms with E-state index in [-0.39, 0.29) is 18.4 Å². The van der Waals surface area contributed by atoms with Crippen molar-refractivity contribution in [3.05, 3.63) is 0 Å². The van der Waals surface area contributed by atoms with Crippen molar-refractivity contribution in [2.45, 2.75) is 13.8 Å². The molecule has 10 heavy (non-hydrogen) atoms. The zero-order valence-corrected chi connectivity index (χ0v) is 6.77. The molecule has 0 aromatic heterocycles. The summed E-state index contributed by atoms with van der Waals surface area (Å²) in [6.45, 7) is 3.60. The number of hydrogen-bond acceptors (Lipinski definition) is 3. The maximum absolute atomic E-state index is 10.1. The largest absolute Gasteiger partial charge is 0.393 e. The van der Waals surface area contributed by atoms with E-state index in [2.05, 4.69) is 9.73 Å². The first-order chi connectivity index (χ1) is 4.16. The summed E-state index contributed by atoms with van der Waals surface area (Å²) < 4.78 is 4.38. The Labute approximate surface area is 65.9 Å². The van der Waals surface area contributed by atoms with Gasteiger partial charge in [0.25, 0.3) is 6.02 Å². The summed E-state index contributed by atoms with van der Waals surface area (Å²) in [7, 11) is 0. The van der Waals surface area contributed by atoms with Crippen LogP contribution in [0.25, 0.3) is 0 Å². The molecular weight excluding hydrogens is 156 g/mol. The number of carbonyl (C=O) groups is 1. The molecule has 0 heterocycles. The number of ether oxygens (including phenoxy) is 1. The molecule has 0 saturated carbocycles. The Hall–Kier alpha value is -0.770. The molecule has 4 nitrogen and oxygen atoms in total. The van der Waals surface area contributed by atoms with Crippen LogP contribution in [0.2, 0.25) is 0 Å². The molecule has 0 fully saturated rings. The van der Waals surface area contributed by atoms with Gasteiger partial charge < -0.3 is 10.5 Å². The molecular formula is C5H11ClN2O2. The van der Waals surface area contributed by atoms with E-state index in [4.69, 9.17) is 5.73 Å². The number of rotatable bonds is 1. The third-order valence-electron chi connectivity index (χ3n) is 0.562. The molecule has 0 aliphatic carbocycles. The van der Waals surface area contributed by atoms with Crippen LogP contribution >= 0.6 is 12.4 Å². The number of amidine groups is 1. The van der Waals surface area contributed by atoms with E-state index in [0.29, 0.717) is 6.54 Å². The minimum absolute atomic E-state index is 0. The van der Waals surface area contributed by atoms with Crippen LogP contribution in [-0.4, -0.2) is 18.5 Å². The van der Waals surface area contributed by atoms with E-state index in [1.807, 2.05) is 0 Å². The third kappa shape index (κ3) is 7.23. The molecule has 0 atom stereocenters. The van der Waals surface area contributed by atoms with Crippen LogP contribution in [0.5, 0.6) is 0 Å². The Morgan fingerprint density at radius 1 is 1.70 bits per heavy atom. The second-order valence-electron chi connectivity index (χ2n) is 1.41. The van der Waals surface area contributed by atoms with Gasteiger partial charge in [-0.3, -0.25) is 4.79 Å². The van der Waals surface area contributed by atoms with Crippen LogP contribution in [0.15, 0.2) is 4.99 Å². The normalized spacial score (nSPS) is 10.0. The van der Waals surface area contributed by atoms with Gasteiger partial charge in [0.05, 0.1) is 0 Å². The predicted molar refractivity (Wildman–Crippen MR) is 41.2 cm³/mol. The van der Waals surface area contributed by atoms with Crippen molar-refractivity contribution in [2.75, 3.05) is 6.54 Å². The smallest absolute Gasteiger partial charge is 0.310 e. The number of nitrogens with two attached hydrogens (primary N) is 1. The van der Waals surface area contributed by atoms with Crippen molar-refractivity contribution >= 4 is 24.4 Å². The van der Waals surface area contributed by atoms with E-state index >= 15 is 0 Å². The summed E-state index contributed by atoms with van der Waals surface area (Å²) in [6, 6.07) is -0.0648. The van der Waals surface area contributed by atoms with E-state index < -0.39 is 5.97 Å². The van der Waals surface area contributed by atoms with E-state index in [1.54, 1.807) is 6.92 Å². The number of carbonyl (C=O) groups excluding carboxylic acids is 1. The Morgan fingerprint density at radius 2 is 2.20 bits per heavy atom. The second kappa shape index (κ2) is 6.35. The average Bonchev–Trinajstić information content (AvgIpc) is 1.63. The fourth-order valence-electron chi connectivity index (χ4n) is 0.335. The van der Waals surface area contributed by atoms with Gasteiger partial charge in [-0.2, -0.15) is 0 Å². The average molecular weight is 167 g/mol. The fourth-order valence-corrected chi connectivity index (χ4v) is 0.335. The van der Waals surface area contributed by atoms with Gasteiger partial charge >= 0.3 is 5.97 Å².